The number of nitrogens with zero attached hydrogens (tertiary/aromatic N) is 4. The van der Waals surface area contributed by atoms with E-state index in [-0.39, 0.29) is 5.91 Å². The fraction of sp³-hybridized carbons (Fsp3) is 0.235. The molecule has 3 rings (SSSR count). The van der Waals surface area contributed by atoms with Crippen LogP contribution in [0.25, 0.3) is 5.69 Å². The molecule has 2 aromatic heterocycles. The largest absolute Gasteiger partial charge is 0.497 e. The van der Waals surface area contributed by atoms with Gasteiger partial charge < -0.3 is 9.64 Å². The molecular weight excluding hydrogens is 356 g/mol. The van der Waals surface area contributed by atoms with Crippen LogP contribution in [0.3, 0.4) is 0 Å². The van der Waals surface area contributed by atoms with Crippen LogP contribution in [0.1, 0.15) is 4.88 Å². The van der Waals surface area contributed by atoms with E-state index >= 15 is 0 Å². The first kappa shape index (κ1) is 17.5. The monoisotopic (exact) mass is 374 g/mol. The number of methoxy groups -OCH3 is 1. The second kappa shape index (κ2) is 8.17. The number of amides is 1. The maximum atomic E-state index is 12.3. The molecule has 0 saturated carbocycles. The van der Waals surface area contributed by atoms with Gasteiger partial charge in [-0.05, 0) is 35.7 Å². The molecule has 130 valence electrons. The molecular formula is C17H18N4O2S2. The molecule has 3 aromatic rings. The van der Waals surface area contributed by atoms with Crippen molar-refractivity contribution < 1.29 is 9.53 Å². The Kier molecular flexibility index (Phi) is 5.72. The molecule has 0 atom stereocenters. The molecule has 0 aliphatic heterocycles. The molecule has 0 saturated heterocycles. The van der Waals surface area contributed by atoms with Gasteiger partial charge in [0, 0.05) is 17.6 Å². The highest BCUT2D eigenvalue weighted by molar-refractivity contribution is 7.99. The highest BCUT2D eigenvalue weighted by atomic mass is 32.2. The minimum absolute atomic E-state index is 0.0580. The van der Waals surface area contributed by atoms with Crippen LogP contribution in [0.2, 0.25) is 0 Å². The van der Waals surface area contributed by atoms with E-state index in [0.717, 1.165) is 11.4 Å². The Morgan fingerprint density at radius 2 is 2.12 bits per heavy atom. The molecule has 25 heavy (non-hydrogen) atoms. The first-order chi connectivity index (χ1) is 12.2. The first-order valence-electron chi connectivity index (χ1n) is 7.61. The average Bonchev–Trinajstić information content (AvgIpc) is 3.31. The number of ether oxygens (including phenoxy) is 1. The molecule has 0 bridgehead atoms. The third-order valence-corrected chi connectivity index (χ3v) is 5.38. The van der Waals surface area contributed by atoms with Crippen LogP contribution in [-0.2, 0) is 11.3 Å². The van der Waals surface area contributed by atoms with Crippen LogP contribution in [0.15, 0.2) is 53.3 Å². The van der Waals surface area contributed by atoms with Gasteiger partial charge in [0.05, 0.1) is 19.4 Å². The summed E-state index contributed by atoms with van der Waals surface area (Å²) in [6.07, 6.45) is 1.64. The van der Waals surface area contributed by atoms with Gasteiger partial charge in [-0.3, -0.25) is 9.36 Å². The second-order valence-corrected chi connectivity index (χ2v) is 7.27. The highest BCUT2D eigenvalue weighted by Crippen LogP contribution is 2.22. The quantitative estimate of drug-likeness (QED) is 0.595. The number of hydrogen-bond donors (Lipinski definition) is 0. The molecule has 6 nitrogen and oxygen atoms in total. The maximum Gasteiger partial charge on any atom is 0.233 e. The van der Waals surface area contributed by atoms with Gasteiger partial charge in [-0.25, -0.2) is 0 Å². The number of carbonyl (C=O) groups excluding carboxylic acids is 1. The summed E-state index contributed by atoms with van der Waals surface area (Å²) in [6.45, 7) is 0.627. The van der Waals surface area contributed by atoms with Gasteiger partial charge >= 0.3 is 0 Å². The van der Waals surface area contributed by atoms with Crippen LogP contribution in [0.4, 0.5) is 0 Å². The van der Waals surface area contributed by atoms with Crippen LogP contribution >= 0.6 is 23.1 Å². The van der Waals surface area contributed by atoms with E-state index in [4.69, 9.17) is 4.74 Å². The third kappa shape index (κ3) is 4.40. The lowest BCUT2D eigenvalue weighted by molar-refractivity contribution is -0.127. The minimum atomic E-state index is 0.0580. The van der Waals surface area contributed by atoms with Gasteiger partial charge in [0.1, 0.15) is 12.1 Å². The number of rotatable bonds is 7. The van der Waals surface area contributed by atoms with Crippen molar-refractivity contribution in [3.8, 4) is 11.4 Å². The van der Waals surface area contributed by atoms with Gasteiger partial charge in [0.15, 0.2) is 5.16 Å². The lowest BCUT2D eigenvalue weighted by Crippen LogP contribution is -2.27. The van der Waals surface area contributed by atoms with Crippen molar-refractivity contribution in [1.29, 1.82) is 0 Å². The summed E-state index contributed by atoms with van der Waals surface area (Å²) in [6, 6.07) is 11.6. The zero-order valence-corrected chi connectivity index (χ0v) is 15.6. The second-order valence-electron chi connectivity index (χ2n) is 5.30. The average molecular weight is 374 g/mol. The SMILES string of the molecule is COc1ccc(-n2cnnc2SCC(=O)N(C)Cc2cccs2)cc1. The van der Waals surface area contributed by atoms with Gasteiger partial charge in [0.25, 0.3) is 0 Å². The fourth-order valence-electron chi connectivity index (χ4n) is 2.20. The lowest BCUT2D eigenvalue weighted by atomic mass is 10.3. The van der Waals surface area contributed by atoms with Crippen molar-refractivity contribution in [2.45, 2.75) is 11.7 Å². The van der Waals surface area contributed by atoms with E-state index in [1.54, 1.807) is 29.7 Å². The van der Waals surface area contributed by atoms with E-state index in [1.807, 2.05) is 53.4 Å². The molecule has 8 heteroatoms. The van der Waals surface area contributed by atoms with Crippen molar-refractivity contribution >= 4 is 29.0 Å². The zero-order chi connectivity index (χ0) is 17.6. The van der Waals surface area contributed by atoms with Crippen LogP contribution in [0.5, 0.6) is 5.75 Å². The molecule has 2 heterocycles. The summed E-state index contributed by atoms with van der Waals surface area (Å²) < 4.78 is 7.03. The highest BCUT2D eigenvalue weighted by Gasteiger charge is 2.14. The predicted molar refractivity (Wildman–Crippen MR) is 99.4 cm³/mol. The molecule has 1 amide bonds. The summed E-state index contributed by atoms with van der Waals surface area (Å²) in [7, 11) is 3.45. The van der Waals surface area contributed by atoms with E-state index < -0.39 is 0 Å². The number of benzene rings is 1. The summed E-state index contributed by atoms with van der Waals surface area (Å²) in [5, 5.41) is 10.8. The summed E-state index contributed by atoms with van der Waals surface area (Å²) in [5.41, 5.74) is 0.924. The number of carbonyl (C=O) groups is 1. The maximum absolute atomic E-state index is 12.3. The lowest BCUT2D eigenvalue weighted by Gasteiger charge is -2.15. The number of thiophene rings is 1. The van der Waals surface area contributed by atoms with E-state index in [9.17, 15) is 4.79 Å². The smallest absolute Gasteiger partial charge is 0.233 e. The van der Waals surface area contributed by atoms with Crippen molar-refractivity contribution in [2.24, 2.45) is 0 Å². The van der Waals surface area contributed by atoms with Crippen LogP contribution in [0, 0.1) is 0 Å². The Bertz CT molecular complexity index is 816. The van der Waals surface area contributed by atoms with E-state index in [0.29, 0.717) is 17.5 Å². The van der Waals surface area contributed by atoms with Crippen molar-refractivity contribution in [1.82, 2.24) is 19.7 Å². The Morgan fingerprint density at radius 3 is 2.80 bits per heavy atom. The Morgan fingerprint density at radius 1 is 1.32 bits per heavy atom. The van der Waals surface area contributed by atoms with Crippen molar-refractivity contribution in [2.75, 3.05) is 19.9 Å². The zero-order valence-electron chi connectivity index (χ0n) is 14.0. The van der Waals surface area contributed by atoms with Gasteiger partial charge in [-0.1, -0.05) is 17.8 Å². The molecule has 0 unspecified atom stereocenters. The standard InChI is InChI=1S/C17H18N4O2S2/c1-20(10-15-4-3-9-24-15)16(22)11-25-17-19-18-12-21(17)13-5-7-14(23-2)8-6-13/h3-9,12H,10-11H2,1-2H3. The molecule has 0 fully saturated rings. The molecule has 0 radical (unpaired) electrons. The van der Waals surface area contributed by atoms with Gasteiger partial charge in [-0.2, -0.15) is 0 Å². The summed E-state index contributed by atoms with van der Waals surface area (Å²) in [5.74, 6) is 1.16. The Hall–Kier alpha value is -2.32. The normalized spacial score (nSPS) is 10.6. The van der Waals surface area contributed by atoms with Crippen LogP contribution in [-0.4, -0.2) is 45.5 Å². The minimum Gasteiger partial charge on any atom is -0.497 e. The third-order valence-electron chi connectivity index (χ3n) is 3.59. The molecule has 0 spiro atoms. The molecule has 0 aliphatic rings. The Labute approximate surface area is 154 Å². The van der Waals surface area contributed by atoms with E-state index in [2.05, 4.69) is 10.2 Å². The summed E-state index contributed by atoms with van der Waals surface area (Å²) in [4.78, 5) is 15.2. The molecule has 0 aliphatic carbocycles. The van der Waals surface area contributed by atoms with Crippen molar-refractivity contribution in [3.63, 3.8) is 0 Å². The van der Waals surface area contributed by atoms with Gasteiger partial charge in [0.2, 0.25) is 5.91 Å². The van der Waals surface area contributed by atoms with E-state index in [1.165, 1.54) is 16.6 Å². The molecule has 0 N–H and O–H groups in total. The first-order valence-corrected chi connectivity index (χ1v) is 9.47. The number of hydrogen-bond acceptors (Lipinski definition) is 6. The predicted octanol–water partition coefficient (Wildman–Crippen LogP) is 3.09. The molecule has 1 aromatic carbocycles. The van der Waals surface area contributed by atoms with Crippen molar-refractivity contribution in [3.05, 3.63) is 53.0 Å². The van der Waals surface area contributed by atoms with Gasteiger partial charge in [-0.15, -0.1) is 21.5 Å². The fourth-order valence-corrected chi connectivity index (χ4v) is 3.83. The topological polar surface area (TPSA) is 60.2 Å². The number of thioether (sulfide) groups is 1. The number of aromatic nitrogens is 3. The van der Waals surface area contributed by atoms with Crippen LogP contribution < -0.4 is 4.74 Å². The Balaban J connectivity index is 1.61. The summed E-state index contributed by atoms with van der Waals surface area (Å²) >= 11 is 3.03.